The van der Waals surface area contributed by atoms with Crippen LogP contribution in [0.25, 0.3) is 5.82 Å². The smallest absolute Gasteiger partial charge is 0.276 e. The summed E-state index contributed by atoms with van der Waals surface area (Å²) in [5.74, 6) is 0.223. The molecule has 0 radical (unpaired) electrons. The largest absolute Gasteiger partial charge is 0.317 e. The quantitative estimate of drug-likeness (QED) is 0.737. The van der Waals surface area contributed by atoms with Crippen molar-refractivity contribution in [3.05, 3.63) is 48.9 Å². The summed E-state index contributed by atoms with van der Waals surface area (Å²) in [6, 6.07) is 5.54. The van der Waals surface area contributed by atoms with Gasteiger partial charge in [-0.15, -0.1) is 0 Å². The van der Waals surface area contributed by atoms with Crippen LogP contribution < -0.4 is 10.6 Å². The molecule has 3 aromatic heterocycles. The average Bonchev–Trinajstić information content (AvgIpc) is 3.35. The first-order valence-electron chi connectivity index (χ1n) is 8.18. The third-order valence-electron chi connectivity index (χ3n) is 4.16. The van der Waals surface area contributed by atoms with E-state index in [0.29, 0.717) is 23.2 Å². The van der Waals surface area contributed by atoms with Crippen molar-refractivity contribution in [2.45, 2.75) is 18.9 Å². The van der Waals surface area contributed by atoms with Crippen molar-refractivity contribution >= 4 is 11.6 Å². The fraction of sp³-hybridized carbons (Fsp3) is 0.312. The molecule has 0 spiro atoms. The molecule has 1 aliphatic rings. The first kappa shape index (κ1) is 15.5. The summed E-state index contributed by atoms with van der Waals surface area (Å²) < 4.78 is 3.37. The Morgan fingerprint density at radius 3 is 3.12 bits per heavy atom. The second kappa shape index (κ2) is 6.81. The highest BCUT2D eigenvalue weighted by molar-refractivity contribution is 6.03. The topological polar surface area (TPSA) is 103 Å². The standard InChI is InChI=1S/C16H18N8O/c25-16(14-5-8-23(22-14)12-3-1-6-17-9-12)21-13-4-2-7-19-15(13)24-11-18-10-20-24/h2,4-5,7-8,10-12,17H,1,3,6,9H2,(H,21,25). The van der Waals surface area contributed by atoms with Crippen LogP contribution in [0, 0.1) is 0 Å². The molecule has 1 saturated heterocycles. The molecule has 1 unspecified atom stereocenters. The number of pyridine rings is 1. The zero-order valence-electron chi connectivity index (χ0n) is 13.5. The van der Waals surface area contributed by atoms with Crippen LogP contribution in [-0.2, 0) is 0 Å². The Morgan fingerprint density at radius 1 is 1.36 bits per heavy atom. The van der Waals surface area contributed by atoms with Gasteiger partial charge in [0.25, 0.3) is 5.91 Å². The molecule has 1 fully saturated rings. The van der Waals surface area contributed by atoms with Crippen LogP contribution in [0.2, 0.25) is 0 Å². The van der Waals surface area contributed by atoms with Crippen molar-refractivity contribution < 1.29 is 4.79 Å². The number of anilines is 1. The van der Waals surface area contributed by atoms with Crippen molar-refractivity contribution in [2.75, 3.05) is 18.4 Å². The van der Waals surface area contributed by atoms with E-state index in [1.807, 2.05) is 10.9 Å². The average molecular weight is 338 g/mol. The van der Waals surface area contributed by atoms with Crippen molar-refractivity contribution in [1.29, 1.82) is 0 Å². The predicted octanol–water partition coefficient (Wildman–Crippen LogP) is 1.04. The van der Waals surface area contributed by atoms with Gasteiger partial charge >= 0.3 is 0 Å². The molecule has 0 saturated carbocycles. The molecule has 4 heterocycles. The highest BCUT2D eigenvalue weighted by Crippen LogP contribution is 2.18. The van der Waals surface area contributed by atoms with E-state index in [4.69, 9.17) is 0 Å². The zero-order chi connectivity index (χ0) is 17.1. The van der Waals surface area contributed by atoms with Gasteiger partial charge in [0.05, 0.1) is 11.7 Å². The van der Waals surface area contributed by atoms with E-state index >= 15 is 0 Å². The zero-order valence-corrected chi connectivity index (χ0v) is 13.5. The summed E-state index contributed by atoms with van der Waals surface area (Å²) in [6.07, 6.45) is 8.62. The second-order valence-corrected chi connectivity index (χ2v) is 5.85. The van der Waals surface area contributed by atoms with E-state index in [1.54, 1.807) is 24.4 Å². The Hall–Kier alpha value is -3.07. The molecule has 1 amide bonds. The Kier molecular flexibility index (Phi) is 4.21. The van der Waals surface area contributed by atoms with Gasteiger partial charge in [0, 0.05) is 18.9 Å². The Labute approximate surface area is 144 Å². The number of nitrogens with zero attached hydrogens (tertiary/aromatic N) is 6. The number of carbonyl (C=O) groups excluding carboxylic acids is 1. The van der Waals surface area contributed by atoms with Gasteiger partial charge in [-0.05, 0) is 37.6 Å². The maximum absolute atomic E-state index is 12.6. The minimum absolute atomic E-state index is 0.281. The van der Waals surface area contributed by atoms with E-state index in [9.17, 15) is 4.79 Å². The molecule has 4 rings (SSSR count). The van der Waals surface area contributed by atoms with E-state index < -0.39 is 0 Å². The van der Waals surface area contributed by atoms with Gasteiger partial charge in [-0.1, -0.05) is 0 Å². The lowest BCUT2D eigenvalue weighted by atomic mass is 10.1. The van der Waals surface area contributed by atoms with Crippen LogP contribution in [0.1, 0.15) is 29.4 Å². The number of hydrogen-bond donors (Lipinski definition) is 2. The predicted molar refractivity (Wildman–Crippen MR) is 90.5 cm³/mol. The van der Waals surface area contributed by atoms with Crippen LogP contribution in [0.5, 0.6) is 0 Å². The van der Waals surface area contributed by atoms with Crippen LogP contribution >= 0.6 is 0 Å². The first-order valence-corrected chi connectivity index (χ1v) is 8.18. The lowest BCUT2D eigenvalue weighted by molar-refractivity contribution is 0.102. The summed E-state index contributed by atoms with van der Waals surface area (Å²) in [6.45, 7) is 1.92. The summed E-state index contributed by atoms with van der Waals surface area (Å²) in [7, 11) is 0. The third-order valence-corrected chi connectivity index (χ3v) is 4.16. The molecule has 9 heteroatoms. The molecular weight excluding hydrogens is 320 g/mol. The van der Waals surface area contributed by atoms with Crippen molar-refractivity contribution in [3.63, 3.8) is 0 Å². The third kappa shape index (κ3) is 3.26. The molecule has 1 atom stereocenters. The molecule has 3 aromatic rings. The first-order chi connectivity index (χ1) is 12.3. The number of amides is 1. The minimum atomic E-state index is -0.281. The summed E-state index contributed by atoms with van der Waals surface area (Å²) in [5.41, 5.74) is 0.922. The van der Waals surface area contributed by atoms with Gasteiger partial charge in [0.15, 0.2) is 11.5 Å². The highest BCUT2D eigenvalue weighted by atomic mass is 16.2. The molecule has 0 bridgehead atoms. The maximum atomic E-state index is 12.6. The second-order valence-electron chi connectivity index (χ2n) is 5.85. The lowest BCUT2D eigenvalue weighted by Gasteiger charge is -2.22. The normalized spacial score (nSPS) is 17.4. The molecule has 0 aromatic carbocycles. The van der Waals surface area contributed by atoms with Crippen LogP contribution in [0.3, 0.4) is 0 Å². The van der Waals surface area contributed by atoms with E-state index in [0.717, 1.165) is 25.9 Å². The molecule has 9 nitrogen and oxygen atoms in total. The van der Waals surface area contributed by atoms with Crippen LogP contribution in [0.4, 0.5) is 5.69 Å². The Balaban J connectivity index is 1.52. The molecule has 128 valence electrons. The molecule has 0 aliphatic carbocycles. The van der Waals surface area contributed by atoms with Crippen molar-refractivity contribution in [3.8, 4) is 5.82 Å². The van der Waals surface area contributed by atoms with Crippen molar-refractivity contribution in [2.24, 2.45) is 0 Å². The lowest BCUT2D eigenvalue weighted by Crippen LogP contribution is -2.32. The van der Waals surface area contributed by atoms with E-state index in [-0.39, 0.29) is 5.91 Å². The van der Waals surface area contributed by atoms with Gasteiger partial charge in [-0.25, -0.2) is 14.6 Å². The number of carbonyl (C=O) groups is 1. The van der Waals surface area contributed by atoms with Crippen LogP contribution in [-0.4, -0.2) is 48.5 Å². The van der Waals surface area contributed by atoms with Gasteiger partial charge in [0.2, 0.25) is 0 Å². The van der Waals surface area contributed by atoms with E-state index in [1.165, 1.54) is 17.3 Å². The van der Waals surface area contributed by atoms with Gasteiger partial charge < -0.3 is 10.6 Å². The molecule has 1 aliphatic heterocycles. The highest BCUT2D eigenvalue weighted by Gasteiger charge is 2.18. The Bertz CT molecular complexity index is 851. The van der Waals surface area contributed by atoms with Gasteiger partial charge in [0.1, 0.15) is 12.7 Å². The molecular formula is C16H18N8O. The number of piperidine rings is 1. The monoisotopic (exact) mass is 338 g/mol. The van der Waals surface area contributed by atoms with Crippen LogP contribution in [0.15, 0.2) is 43.2 Å². The number of rotatable bonds is 4. The fourth-order valence-electron chi connectivity index (χ4n) is 2.90. The summed E-state index contributed by atoms with van der Waals surface area (Å²) in [4.78, 5) is 20.7. The van der Waals surface area contributed by atoms with Gasteiger partial charge in [-0.2, -0.15) is 10.2 Å². The number of hydrogen-bond acceptors (Lipinski definition) is 6. The summed E-state index contributed by atoms with van der Waals surface area (Å²) in [5, 5.41) is 14.7. The Morgan fingerprint density at radius 2 is 2.32 bits per heavy atom. The fourth-order valence-corrected chi connectivity index (χ4v) is 2.90. The SMILES string of the molecule is O=C(Nc1cccnc1-n1cncn1)c1ccn(C2CCCNC2)n1. The van der Waals surface area contributed by atoms with Crippen molar-refractivity contribution in [1.82, 2.24) is 34.8 Å². The van der Waals surface area contributed by atoms with E-state index in [2.05, 4.69) is 30.8 Å². The number of nitrogens with one attached hydrogen (secondary N) is 2. The molecule has 25 heavy (non-hydrogen) atoms. The summed E-state index contributed by atoms with van der Waals surface area (Å²) >= 11 is 0. The minimum Gasteiger partial charge on any atom is -0.317 e. The number of aromatic nitrogens is 6. The molecule has 2 N–H and O–H groups in total. The van der Waals surface area contributed by atoms with Gasteiger partial charge in [-0.3, -0.25) is 9.48 Å². The maximum Gasteiger partial charge on any atom is 0.276 e.